The minimum Gasteiger partial charge on any atom is -0.468 e. The second-order valence-corrected chi connectivity index (χ2v) is 9.74. The summed E-state index contributed by atoms with van der Waals surface area (Å²) in [4.78, 5) is 28.2. The highest BCUT2D eigenvalue weighted by Gasteiger charge is 2.14. The second-order valence-electron chi connectivity index (χ2n) is 9.31. The van der Waals surface area contributed by atoms with Crippen LogP contribution in [-0.4, -0.2) is 32.4 Å². The van der Waals surface area contributed by atoms with Crippen molar-refractivity contribution >= 4 is 28.5 Å². The molecule has 0 spiro atoms. The number of rotatable bonds is 10. The third-order valence-corrected chi connectivity index (χ3v) is 6.69. The molecule has 0 unspecified atom stereocenters. The number of benzene rings is 2. The van der Waals surface area contributed by atoms with E-state index in [2.05, 4.69) is 45.7 Å². The van der Waals surface area contributed by atoms with Gasteiger partial charge in [-0.2, -0.15) is 5.10 Å². The maximum Gasteiger partial charge on any atom is 0.327 e. The van der Waals surface area contributed by atoms with E-state index in [0.29, 0.717) is 24.7 Å². The molecule has 0 atom stereocenters. The quantitative estimate of drug-likeness (QED) is 0.264. The summed E-state index contributed by atoms with van der Waals surface area (Å²) in [6.45, 7) is 1.69. The first-order valence-electron chi connectivity index (χ1n) is 12.6. The van der Waals surface area contributed by atoms with E-state index < -0.39 is 0 Å². The largest absolute Gasteiger partial charge is 0.468 e. The van der Waals surface area contributed by atoms with Gasteiger partial charge in [-0.1, -0.05) is 48.0 Å². The summed E-state index contributed by atoms with van der Waals surface area (Å²) in [6.07, 6.45) is 6.29. The molecule has 0 aliphatic rings. The molecule has 39 heavy (non-hydrogen) atoms. The smallest absolute Gasteiger partial charge is 0.327 e. The third-order valence-electron chi connectivity index (χ3n) is 6.45. The van der Waals surface area contributed by atoms with E-state index in [1.165, 1.54) is 12.7 Å². The number of hydrogen-bond acceptors (Lipinski definition) is 6. The molecular formula is C30H28ClN5O3. The number of carbonyl (C=O) groups excluding carboxylic acids is 1. The van der Waals surface area contributed by atoms with Crippen LogP contribution in [0, 0.1) is 0 Å². The maximum absolute atomic E-state index is 12.0. The zero-order valence-electron chi connectivity index (χ0n) is 21.5. The van der Waals surface area contributed by atoms with Crippen LogP contribution in [0.3, 0.4) is 0 Å². The monoisotopic (exact) mass is 541 g/mol. The van der Waals surface area contributed by atoms with E-state index in [1.54, 1.807) is 33.6 Å². The first-order chi connectivity index (χ1) is 19.0. The van der Waals surface area contributed by atoms with Crippen molar-refractivity contribution in [1.29, 1.82) is 0 Å². The van der Waals surface area contributed by atoms with Crippen molar-refractivity contribution in [1.82, 2.24) is 24.6 Å². The number of esters is 1. The topological polar surface area (TPSA) is 91.0 Å². The Labute approximate surface area is 230 Å². The molecule has 9 heteroatoms. The van der Waals surface area contributed by atoms with Crippen molar-refractivity contribution < 1.29 is 9.53 Å². The van der Waals surface area contributed by atoms with Crippen molar-refractivity contribution in [3.63, 3.8) is 0 Å². The summed E-state index contributed by atoms with van der Waals surface area (Å²) in [7, 11) is 1.36. The lowest BCUT2D eigenvalue weighted by molar-refractivity contribution is -0.141. The van der Waals surface area contributed by atoms with Crippen LogP contribution in [0.1, 0.15) is 27.9 Å². The fourth-order valence-electron chi connectivity index (χ4n) is 4.50. The Morgan fingerprint density at radius 1 is 0.949 bits per heavy atom. The lowest BCUT2D eigenvalue weighted by Gasteiger charge is -2.08. The number of methoxy groups -OCH3 is 1. The van der Waals surface area contributed by atoms with Crippen LogP contribution in [0.5, 0.6) is 0 Å². The first-order valence-corrected chi connectivity index (χ1v) is 12.9. The van der Waals surface area contributed by atoms with Crippen LogP contribution >= 0.6 is 11.6 Å². The van der Waals surface area contributed by atoms with E-state index in [4.69, 9.17) is 16.3 Å². The van der Waals surface area contributed by atoms with Crippen molar-refractivity contribution in [3.8, 4) is 0 Å². The lowest BCUT2D eigenvalue weighted by Crippen LogP contribution is -2.18. The molecule has 0 aliphatic carbocycles. The number of carbonyl (C=O) groups is 1. The summed E-state index contributed by atoms with van der Waals surface area (Å²) in [6, 6.07) is 21.1. The number of nitrogens with one attached hydrogen (secondary N) is 1. The molecule has 5 rings (SSSR count). The molecule has 5 aromatic rings. The minimum absolute atomic E-state index is 0.00962. The van der Waals surface area contributed by atoms with Gasteiger partial charge in [0.1, 0.15) is 6.54 Å². The van der Waals surface area contributed by atoms with Crippen molar-refractivity contribution in [3.05, 3.63) is 129 Å². The average Bonchev–Trinajstić information content (AvgIpc) is 3.27. The van der Waals surface area contributed by atoms with Gasteiger partial charge in [0.2, 0.25) is 0 Å². The van der Waals surface area contributed by atoms with Crippen LogP contribution in [0.4, 0.5) is 0 Å². The molecular weight excluding hydrogens is 514 g/mol. The Kier molecular flexibility index (Phi) is 8.15. The Morgan fingerprint density at radius 3 is 2.54 bits per heavy atom. The van der Waals surface area contributed by atoms with Gasteiger partial charge >= 0.3 is 5.97 Å². The van der Waals surface area contributed by atoms with E-state index in [9.17, 15) is 9.59 Å². The maximum atomic E-state index is 12.0. The fourth-order valence-corrected chi connectivity index (χ4v) is 4.67. The van der Waals surface area contributed by atoms with E-state index >= 15 is 0 Å². The molecule has 3 aromatic heterocycles. The van der Waals surface area contributed by atoms with E-state index in [1.807, 2.05) is 30.6 Å². The van der Waals surface area contributed by atoms with Crippen LogP contribution in [0.25, 0.3) is 10.9 Å². The van der Waals surface area contributed by atoms with Crippen LogP contribution < -0.4 is 10.9 Å². The number of aromatic nitrogens is 4. The van der Waals surface area contributed by atoms with Gasteiger partial charge < -0.3 is 14.6 Å². The molecule has 0 bridgehead atoms. The fraction of sp³-hybridized carbons (Fsp3) is 0.200. The Bertz CT molecular complexity index is 1660. The second kappa shape index (κ2) is 12.1. The van der Waals surface area contributed by atoms with Crippen molar-refractivity contribution in [2.75, 3.05) is 7.11 Å². The van der Waals surface area contributed by atoms with Crippen molar-refractivity contribution in [2.45, 2.75) is 32.6 Å². The summed E-state index contributed by atoms with van der Waals surface area (Å²) in [5.74, 6) is -0.363. The van der Waals surface area contributed by atoms with Crippen LogP contribution in [0.2, 0.25) is 5.02 Å². The Hall–Kier alpha value is -4.27. The number of hydrogen-bond donors (Lipinski definition) is 1. The SMILES string of the molecule is COC(=O)Cn1nc(CNCc2cncc(Cc3ccc(Cn4ccccc4=O)cc3)c2)c2cc(Cl)ccc21. The van der Waals surface area contributed by atoms with Gasteiger partial charge in [0.15, 0.2) is 0 Å². The van der Waals surface area contributed by atoms with Gasteiger partial charge in [0.05, 0.1) is 24.9 Å². The molecule has 0 saturated carbocycles. The zero-order chi connectivity index (χ0) is 27.2. The number of pyridine rings is 2. The molecule has 0 aliphatic heterocycles. The highest BCUT2D eigenvalue weighted by molar-refractivity contribution is 6.31. The van der Waals surface area contributed by atoms with Crippen LogP contribution in [-0.2, 0) is 42.1 Å². The van der Waals surface area contributed by atoms with E-state index in [-0.39, 0.29) is 18.1 Å². The molecule has 3 heterocycles. The number of nitrogens with zero attached hydrogens (tertiary/aromatic N) is 4. The molecule has 198 valence electrons. The Morgan fingerprint density at radius 2 is 1.74 bits per heavy atom. The Balaban J connectivity index is 1.21. The summed E-state index contributed by atoms with van der Waals surface area (Å²) >= 11 is 6.23. The summed E-state index contributed by atoms with van der Waals surface area (Å²) < 4.78 is 8.13. The predicted octanol–water partition coefficient (Wildman–Crippen LogP) is 4.35. The van der Waals surface area contributed by atoms with Crippen molar-refractivity contribution in [2.24, 2.45) is 0 Å². The van der Waals surface area contributed by atoms with Crippen LogP contribution in [0.15, 0.2) is 90.1 Å². The van der Waals surface area contributed by atoms with Gasteiger partial charge in [-0.15, -0.1) is 0 Å². The number of halogens is 1. The average molecular weight is 542 g/mol. The van der Waals surface area contributed by atoms with Gasteiger partial charge in [0, 0.05) is 48.2 Å². The normalized spacial score (nSPS) is 11.1. The standard InChI is InChI=1S/C30H28ClN5O3/c1-39-30(38)20-36-28-10-9-25(31)14-26(28)27(34-36)18-33-17-24-13-23(15-32-16-24)12-21-5-7-22(8-6-21)19-35-11-3-2-4-29(35)37/h2-11,13-16,33H,12,17-20H2,1H3. The zero-order valence-corrected chi connectivity index (χ0v) is 22.3. The van der Waals surface area contributed by atoms with Gasteiger partial charge in [-0.05, 0) is 52.9 Å². The predicted molar refractivity (Wildman–Crippen MR) is 151 cm³/mol. The van der Waals surface area contributed by atoms with Gasteiger partial charge in [-0.3, -0.25) is 19.3 Å². The van der Waals surface area contributed by atoms with Gasteiger partial charge in [0.25, 0.3) is 5.56 Å². The molecule has 8 nitrogen and oxygen atoms in total. The molecule has 0 fully saturated rings. The summed E-state index contributed by atoms with van der Waals surface area (Å²) in [5.41, 5.74) is 6.04. The highest BCUT2D eigenvalue weighted by Crippen LogP contribution is 2.23. The molecule has 0 amide bonds. The summed E-state index contributed by atoms with van der Waals surface area (Å²) in [5, 5.41) is 9.56. The third kappa shape index (κ3) is 6.60. The highest BCUT2D eigenvalue weighted by atomic mass is 35.5. The first kappa shape index (κ1) is 26.3. The van der Waals surface area contributed by atoms with E-state index in [0.717, 1.165) is 39.7 Å². The molecule has 0 saturated heterocycles. The molecule has 2 aromatic carbocycles. The number of fused-ring (bicyclic) bond motifs is 1. The number of ether oxygens (including phenoxy) is 1. The van der Waals surface area contributed by atoms with Gasteiger partial charge in [-0.25, -0.2) is 0 Å². The minimum atomic E-state index is -0.363. The molecule has 1 N–H and O–H groups in total. The lowest BCUT2D eigenvalue weighted by atomic mass is 10.0. The molecule has 0 radical (unpaired) electrons.